The highest BCUT2D eigenvalue weighted by Gasteiger charge is 2.20. The quantitative estimate of drug-likeness (QED) is 0.490. The summed E-state index contributed by atoms with van der Waals surface area (Å²) in [7, 11) is 0. The molecule has 8 nitrogen and oxygen atoms in total. The Bertz CT molecular complexity index is 1030. The van der Waals surface area contributed by atoms with Gasteiger partial charge in [0.15, 0.2) is 18.2 Å². The second-order valence-corrected chi connectivity index (χ2v) is 6.22. The maximum absolute atomic E-state index is 12.5. The molecule has 1 N–H and O–H groups in total. The molecule has 0 atom stereocenters. The van der Waals surface area contributed by atoms with E-state index in [2.05, 4.69) is 15.4 Å². The van der Waals surface area contributed by atoms with Crippen LogP contribution in [0.1, 0.15) is 40.3 Å². The zero-order valence-corrected chi connectivity index (χ0v) is 16.1. The van der Waals surface area contributed by atoms with Crippen molar-refractivity contribution < 1.29 is 19.1 Å². The molecule has 2 aromatic heterocycles. The molecular formula is C21H20N4O4. The Morgan fingerprint density at radius 2 is 1.86 bits per heavy atom. The maximum Gasteiger partial charge on any atom is 0.342 e. The average molecular weight is 392 g/mol. The van der Waals surface area contributed by atoms with Crippen molar-refractivity contribution >= 4 is 23.3 Å². The lowest BCUT2D eigenvalue weighted by atomic mass is 10.1. The Morgan fingerprint density at radius 3 is 2.48 bits per heavy atom. The van der Waals surface area contributed by atoms with Crippen molar-refractivity contribution in [3.05, 3.63) is 71.7 Å². The van der Waals surface area contributed by atoms with Crippen molar-refractivity contribution in [1.29, 1.82) is 0 Å². The number of hydrogen-bond acceptors (Lipinski definition) is 6. The van der Waals surface area contributed by atoms with Gasteiger partial charge in [0.25, 0.3) is 0 Å². The van der Waals surface area contributed by atoms with Crippen molar-refractivity contribution in [1.82, 2.24) is 14.8 Å². The average Bonchev–Trinajstić information content (AvgIpc) is 3.16. The van der Waals surface area contributed by atoms with E-state index >= 15 is 0 Å². The summed E-state index contributed by atoms with van der Waals surface area (Å²) in [5.41, 5.74) is 1.92. The minimum Gasteiger partial charge on any atom is -0.454 e. The van der Waals surface area contributed by atoms with Crippen LogP contribution < -0.4 is 5.32 Å². The smallest absolute Gasteiger partial charge is 0.342 e. The number of nitrogens with zero attached hydrogens (tertiary/aromatic N) is 3. The standard InChI is InChI=1S/C21H20N4O4/c1-3-18-17(12-23-25(18)20-6-4-5-11-22-20)21(28)29-13-19(27)15-7-9-16(10-8-15)24-14(2)26/h4-12H,3,13H2,1-2H3,(H,24,26). The number of carbonyl (C=O) groups excluding carboxylic acids is 3. The molecule has 0 saturated heterocycles. The number of hydrogen-bond donors (Lipinski definition) is 1. The number of aromatic nitrogens is 3. The predicted molar refractivity (Wildman–Crippen MR) is 106 cm³/mol. The number of anilines is 1. The molecule has 0 aliphatic carbocycles. The molecule has 29 heavy (non-hydrogen) atoms. The van der Waals surface area contributed by atoms with Gasteiger partial charge in [-0.05, 0) is 42.8 Å². The van der Waals surface area contributed by atoms with Gasteiger partial charge in [-0.15, -0.1) is 0 Å². The van der Waals surface area contributed by atoms with E-state index in [0.717, 1.165) is 0 Å². The number of rotatable bonds is 7. The molecule has 0 radical (unpaired) electrons. The third kappa shape index (κ3) is 4.73. The second-order valence-electron chi connectivity index (χ2n) is 6.22. The van der Waals surface area contributed by atoms with Crippen LogP contribution in [0.25, 0.3) is 5.82 Å². The summed E-state index contributed by atoms with van der Waals surface area (Å²) >= 11 is 0. The van der Waals surface area contributed by atoms with E-state index < -0.39 is 12.6 Å². The van der Waals surface area contributed by atoms with Crippen molar-refractivity contribution in [2.75, 3.05) is 11.9 Å². The van der Waals surface area contributed by atoms with E-state index in [1.807, 2.05) is 13.0 Å². The minimum atomic E-state index is -0.618. The van der Waals surface area contributed by atoms with Gasteiger partial charge < -0.3 is 10.1 Å². The fourth-order valence-corrected chi connectivity index (χ4v) is 2.80. The van der Waals surface area contributed by atoms with Gasteiger partial charge in [0, 0.05) is 24.4 Å². The monoisotopic (exact) mass is 392 g/mol. The highest BCUT2D eigenvalue weighted by molar-refractivity contribution is 6.00. The van der Waals surface area contributed by atoms with Crippen LogP contribution >= 0.6 is 0 Å². The number of nitrogens with one attached hydrogen (secondary N) is 1. The lowest BCUT2D eigenvalue weighted by Crippen LogP contribution is -2.16. The van der Waals surface area contributed by atoms with Crippen molar-refractivity contribution in [2.45, 2.75) is 20.3 Å². The molecule has 0 fully saturated rings. The highest BCUT2D eigenvalue weighted by atomic mass is 16.5. The Kier molecular flexibility index (Phi) is 6.13. The lowest BCUT2D eigenvalue weighted by molar-refractivity contribution is -0.114. The van der Waals surface area contributed by atoms with Crippen LogP contribution in [-0.2, 0) is 16.0 Å². The maximum atomic E-state index is 12.5. The SMILES string of the molecule is CCc1c(C(=O)OCC(=O)c2ccc(NC(C)=O)cc2)cnn1-c1ccccn1. The van der Waals surface area contributed by atoms with Crippen LogP contribution in [0.15, 0.2) is 54.9 Å². The van der Waals surface area contributed by atoms with Gasteiger partial charge in [-0.3, -0.25) is 9.59 Å². The largest absolute Gasteiger partial charge is 0.454 e. The van der Waals surface area contributed by atoms with Gasteiger partial charge in [0.2, 0.25) is 5.91 Å². The fraction of sp³-hybridized carbons (Fsp3) is 0.190. The summed E-state index contributed by atoms with van der Waals surface area (Å²) < 4.78 is 6.78. The molecule has 0 bridgehead atoms. The normalized spacial score (nSPS) is 10.4. The molecule has 1 amide bonds. The van der Waals surface area contributed by atoms with Crippen LogP contribution in [0, 0.1) is 0 Å². The number of pyridine rings is 1. The number of esters is 1. The number of ketones is 1. The predicted octanol–water partition coefficient (Wildman–Crippen LogP) is 2.83. The van der Waals surface area contributed by atoms with Crippen LogP contribution in [0.5, 0.6) is 0 Å². The Balaban J connectivity index is 1.67. The molecule has 148 valence electrons. The highest BCUT2D eigenvalue weighted by Crippen LogP contribution is 2.16. The summed E-state index contributed by atoms with van der Waals surface area (Å²) in [5, 5.41) is 6.85. The molecule has 0 unspecified atom stereocenters. The summed E-state index contributed by atoms with van der Waals surface area (Å²) in [6.45, 7) is 2.91. The first-order valence-electron chi connectivity index (χ1n) is 9.06. The van der Waals surface area contributed by atoms with Crippen molar-refractivity contribution in [2.24, 2.45) is 0 Å². The Hall–Kier alpha value is -3.81. The van der Waals surface area contributed by atoms with E-state index in [-0.39, 0.29) is 11.7 Å². The Morgan fingerprint density at radius 1 is 1.10 bits per heavy atom. The zero-order valence-electron chi connectivity index (χ0n) is 16.1. The van der Waals surface area contributed by atoms with Gasteiger partial charge in [-0.1, -0.05) is 13.0 Å². The van der Waals surface area contributed by atoms with Crippen LogP contribution in [-0.4, -0.2) is 39.0 Å². The Labute approximate surface area is 167 Å². The number of benzene rings is 1. The molecule has 0 spiro atoms. The molecule has 0 aliphatic heterocycles. The summed E-state index contributed by atoms with van der Waals surface area (Å²) in [6.07, 6.45) is 3.60. The number of carbonyl (C=O) groups is 3. The molecule has 3 aromatic rings. The molecule has 8 heteroatoms. The van der Waals surface area contributed by atoms with Gasteiger partial charge in [0.1, 0.15) is 5.56 Å². The molecule has 0 saturated carbocycles. The fourth-order valence-electron chi connectivity index (χ4n) is 2.80. The lowest BCUT2D eigenvalue weighted by Gasteiger charge is -2.08. The van der Waals surface area contributed by atoms with Crippen LogP contribution in [0.2, 0.25) is 0 Å². The van der Waals surface area contributed by atoms with E-state index in [1.54, 1.807) is 47.3 Å². The molecule has 0 aliphatic rings. The third-order valence-electron chi connectivity index (χ3n) is 4.15. The first-order valence-corrected chi connectivity index (χ1v) is 9.06. The number of ether oxygens (including phenoxy) is 1. The summed E-state index contributed by atoms with van der Waals surface area (Å²) in [4.78, 5) is 40.1. The molecule has 1 aromatic carbocycles. The first kappa shape index (κ1) is 19.9. The molecule has 2 heterocycles. The number of Topliss-reactive ketones (excluding diaryl/α,β-unsaturated/α-hetero) is 1. The van der Waals surface area contributed by atoms with Crippen molar-refractivity contribution in [3.8, 4) is 5.82 Å². The molecular weight excluding hydrogens is 372 g/mol. The number of amides is 1. The van der Waals surface area contributed by atoms with E-state index in [9.17, 15) is 14.4 Å². The van der Waals surface area contributed by atoms with Gasteiger partial charge in [-0.25, -0.2) is 14.5 Å². The van der Waals surface area contributed by atoms with Gasteiger partial charge >= 0.3 is 5.97 Å². The van der Waals surface area contributed by atoms with Crippen LogP contribution in [0.3, 0.4) is 0 Å². The van der Waals surface area contributed by atoms with Gasteiger partial charge in [-0.2, -0.15) is 5.10 Å². The second kappa shape index (κ2) is 8.92. The third-order valence-corrected chi connectivity index (χ3v) is 4.15. The van der Waals surface area contributed by atoms with Gasteiger partial charge in [0.05, 0.1) is 11.9 Å². The zero-order chi connectivity index (χ0) is 20.8. The van der Waals surface area contributed by atoms with Crippen LogP contribution in [0.4, 0.5) is 5.69 Å². The summed E-state index contributed by atoms with van der Waals surface area (Å²) in [5.74, 6) is -0.565. The van der Waals surface area contributed by atoms with E-state index in [4.69, 9.17) is 4.74 Å². The topological polar surface area (TPSA) is 103 Å². The first-order chi connectivity index (χ1) is 14.0. The van der Waals surface area contributed by atoms with E-state index in [0.29, 0.717) is 34.7 Å². The molecule has 3 rings (SSSR count). The minimum absolute atomic E-state index is 0.198. The van der Waals surface area contributed by atoms with Crippen molar-refractivity contribution in [3.63, 3.8) is 0 Å². The summed E-state index contributed by atoms with van der Waals surface area (Å²) in [6, 6.07) is 11.8. The van der Waals surface area contributed by atoms with E-state index in [1.165, 1.54) is 13.1 Å².